The van der Waals surface area contributed by atoms with Crippen LogP contribution in [0.2, 0.25) is 0 Å². The van der Waals surface area contributed by atoms with Crippen LogP contribution in [0, 0.1) is 5.21 Å². The number of hydrogen-bond donors (Lipinski definition) is 4. The van der Waals surface area contributed by atoms with Crippen molar-refractivity contribution >= 4 is 6.03 Å². The number of allylic oxidation sites excluding steroid dienone is 2. The summed E-state index contributed by atoms with van der Waals surface area (Å²) < 4.78 is 0. The average Bonchev–Trinajstić information content (AvgIpc) is 2.72. The van der Waals surface area contributed by atoms with Gasteiger partial charge in [-0.3, -0.25) is 4.90 Å². The highest BCUT2D eigenvalue weighted by Crippen LogP contribution is 2.34. The summed E-state index contributed by atoms with van der Waals surface area (Å²) in [6, 6.07) is -0.544. The number of urea groups is 1. The van der Waals surface area contributed by atoms with Crippen LogP contribution in [0.3, 0.4) is 0 Å². The lowest BCUT2D eigenvalue weighted by atomic mass is 9.99. The van der Waals surface area contributed by atoms with Crippen molar-refractivity contribution < 1.29 is 25.4 Å². The smallest absolute Gasteiger partial charge is 0.324 e. The first kappa shape index (κ1) is 19.9. The molecule has 2 aliphatic rings. The predicted molar refractivity (Wildman–Crippen MR) is 91.3 cm³/mol. The normalized spacial score (nSPS) is 22.7. The van der Waals surface area contributed by atoms with Crippen molar-refractivity contribution in [2.45, 2.75) is 64.2 Å². The van der Waals surface area contributed by atoms with Crippen molar-refractivity contribution in [3.63, 3.8) is 0 Å². The van der Waals surface area contributed by atoms with Crippen LogP contribution in [-0.2, 0) is 0 Å². The van der Waals surface area contributed by atoms with E-state index in [-0.39, 0.29) is 24.2 Å². The highest BCUT2D eigenvalue weighted by molar-refractivity contribution is 5.81. The summed E-state index contributed by atoms with van der Waals surface area (Å²) in [6.45, 7) is 7.44. The summed E-state index contributed by atoms with van der Waals surface area (Å²) in [7, 11) is 0. The molecule has 4 N–H and O–H groups in total. The van der Waals surface area contributed by atoms with Gasteiger partial charge in [-0.15, -0.1) is 0 Å². The van der Waals surface area contributed by atoms with Gasteiger partial charge in [0.15, 0.2) is 0 Å². The van der Waals surface area contributed by atoms with E-state index < -0.39 is 16.4 Å². The zero-order chi connectivity index (χ0) is 19.0. The Bertz CT molecular complexity index is 572. The Morgan fingerprint density at radius 3 is 2.24 bits per heavy atom. The molecule has 0 saturated carbocycles. The fourth-order valence-corrected chi connectivity index (χ4v) is 3.03. The number of fused-ring (bicyclic) bond motifs is 1. The van der Waals surface area contributed by atoms with Crippen LogP contribution in [0.25, 0.3) is 0 Å². The van der Waals surface area contributed by atoms with E-state index >= 15 is 0 Å². The Kier molecular flexibility index (Phi) is 5.60. The number of aliphatic hydroxyl groups is 2. The van der Waals surface area contributed by atoms with Gasteiger partial charge >= 0.3 is 6.03 Å². The summed E-state index contributed by atoms with van der Waals surface area (Å²) in [5.74, 6) is 0. The second kappa shape index (κ2) is 7.05. The molecule has 8 heteroatoms. The fourth-order valence-electron chi connectivity index (χ4n) is 3.03. The molecule has 2 rings (SSSR count). The fraction of sp³-hybridized carbons (Fsp3) is 0.706. The first-order valence-corrected chi connectivity index (χ1v) is 8.56. The van der Waals surface area contributed by atoms with Gasteiger partial charge in [0.1, 0.15) is 5.70 Å². The number of hydrogen-bond acceptors (Lipinski definition) is 5. The molecule has 1 fully saturated rings. The van der Waals surface area contributed by atoms with Gasteiger partial charge < -0.3 is 20.3 Å². The molecule has 1 aliphatic carbocycles. The minimum atomic E-state index is -0.986. The zero-order valence-corrected chi connectivity index (χ0v) is 15.3. The summed E-state index contributed by atoms with van der Waals surface area (Å²) in [5.41, 5.74) is -0.785. The maximum atomic E-state index is 12.9. The van der Waals surface area contributed by atoms with E-state index in [1.165, 1.54) is 6.08 Å². The SMILES string of the molecule is CC(C)(O)CCN1C(=O)N(CCC(C)(C)O)C2CC([NH+]([O-])O)=CC=C21. The summed E-state index contributed by atoms with van der Waals surface area (Å²) in [5, 5.41) is 39.5. The number of carbonyl (C=O) groups excluding carboxylic acids is 1. The molecule has 1 saturated heterocycles. The molecule has 0 aromatic carbocycles. The van der Waals surface area contributed by atoms with Gasteiger partial charge in [-0.05, 0) is 52.7 Å². The largest absolute Gasteiger partial charge is 0.595 e. The molecule has 8 nitrogen and oxygen atoms in total. The van der Waals surface area contributed by atoms with Crippen LogP contribution in [0.15, 0.2) is 23.5 Å². The molecule has 0 bridgehead atoms. The van der Waals surface area contributed by atoms with Gasteiger partial charge in [0.05, 0.1) is 23.7 Å². The Labute approximate surface area is 148 Å². The Morgan fingerprint density at radius 1 is 1.16 bits per heavy atom. The van der Waals surface area contributed by atoms with Crippen molar-refractivity contribution in [1.29, 1.82) is 0 Å². The minimum Gasteiger partial charge on any atom is -0.595 e. The van der Waals surface area contributed by atoms with Crippen molar-refractivity contribution in [2.24, 2.45) is 0 Å². The molecule has 2 unspecified atom stereocenters. The lowest BCUT2D eigenvalue weighted by Crippen LogP contribution is -3.02. The van der Waals surface area contributed by atoms with E-state index in [1.807, 2.05) is 0 Å². The van der Waals surface area contributed by atoms with Gasteiger partial charge in [0.2, 0.25) is 0 Å². The predicted octanol–water partition coefficient (Wildman–Crippen LogP) is 0.358. The van der Waals surface area contributed by atoms with Gasteiger partial charge in [0.25, 0.3) is 0 Å². The molecule has 2 atom stereocenters. The Morgan fingerprint density at radius 2 is 1.72 bits per heavy atom. The summed E-state index contributed by atoms with van der Waals surface area (Å²) in [6.07, 6.45) is 4.28. The van der Waals surface area contributed by atoms with Gasteiger partial charge in [-0.25, -0.2) is 10.0 Å². The molecule has 0 aromatic rings. The molecule has 0 aromatic heterocycles. The molecule has 1 aliphatic heterocycles. The molecule has 25 heavy (non-hydrogen) atoms. The molecule has 2 amide bonds. The standard InChI is InChI=1S/C17H29N3O5/c1-16(2,22)7-9-18-13-6-5-12(20(24)25)11-14(13)19(15(18)21)10-8-17(3,4)23/h5-6,14,20,22-24H,7-11H2,1-4H3. The van der Waals surface area contributed by atoms with Crippen molar-refractivity contribution in [2.75, 3.05) is 13.1 Å². The number of carbonyl (C=O) groups is 1. The molecule has 1 heterocycles. The van der Waals surface area contributed by atoms with Crippen molar-refractivity contribution in [3.05, 3.63) is 28.8 Å². The van der Waals surface area contributed by atoms with Crippen LogP contribution in [0.5, 0.6) is 0 Å². The van der Waals surface area contributed by atoms with Crippen molar-refractivity contribution in [3.8, 4) is 0 Å². The van der Waals surface area contributed by atoms with Crippen LogP contribution in [-0.4, -0.2) is 61.6 Å². The summed E-state index contributed by atoms with van der Waals surface area (Å²) in [4.78, 5) is 16.1. The first-order chi connectivity index (χ1) is 11.4. The van der Waals surface area contributed by atoms with Crippen LogP contribution in [0.4, 0.5) is 4.79 Å². The zero-order valence-electron chi connectivity index (χ0n) is 15.3. The number of hydroxylamine groups is 2. The van der Waals surface area contributed by atoms with E-state index in [2.05, 4.69) is 0 Å². The lowest BCUT2D eigenvalue weighted by Gasteiger charge is -2.29. The average molecular weight is 355 g/mol. The van der Waals surface area contributed by atoms with E-state index in [1.54, 1.807) is 43.6 Å². The first-order valence-electron chi connectivity index (χ1n) is 8.56. The number of amides is 2. The number of nitrogens with one attached hydrogen (secondary N) is 1. The maximum Gasteiger partial charge on any atom is 0.324 e. The van der Waals surface area contributed by atoms with E-state index in [9.17, 15) is 25.4 Å². The van der Waals surface area contributed by atoms with Crippen LogP contribution < -0.4 is 5.23 Å². The van der Waals surface area contributed by atoms with Gasteiger partial charge in [0, 0.05) is 18.8 Å². The molecular formula is C17H29N3O5. The third-order valence-electron chi connectivity index (χ3n) is 4.56. The van der Waals surface area contributed by atoms with Crippen molar-refractivity contribution in [1.82, 2.24) is 9.80 Å². The molecule has 142 valence electrons. The molecule has 0 radical (unpaired) electrons. The molecule has 0 spiro atoms. The maximum absolute atomic E-state index is 12.9. The topological polar surface area (TPSA) is 112 Å². The van der Waals surface area contributed by atoms with E-state index in [4.69, 9.17) is 0 Å². The monoisotopic (exact) mass is 355 g/mol. The van der Waals surface area contributed by atoms with Crippen LogP contribution >= 0.6 is 0 Å². The van der Waals surface area contributed by atoms with E-state index in [0.717, 1.165) is 5.70 Å². The highest BCUT2D eigenvalue weighted by atomic mass is 16.8. The van der Waals surface area contributed by atoms with E-state index in [0.29, 0.717) is 25.9 Å². The number of nitrogens with zero attached hydrogens (tertiary/aromatic N) is 2. The highest BCUT2D eigenvalue weighted by Gasteiger charge is 2.44. The summed E-state index contributed by atoms with van der Waals surface area (Å²) >= 11 is 0. The van der Waals surface area contributed by atoms with Gasteiger partial charge in [-0.2, -0.15) is 5.23 Å². The lowest BCUT2D eigenvalue weighted by molar-refractivity contribution is -1.02. The van der Waals surface area contributed by atoms with Gasteiger partial charge in [-0.1, -0.05) is 0 Å². The number of rotatable bonds is 7. The number of quaternary nitrogens is 1. The van der Waals surface area contributed by atoms with Crippen LogP contribution in [0.1, 0.15) is 47.0 Å². The minimum absolute atomic E-state index is 0.204. The molecular weight excluding hydrogens is 326 g/mol. The quantitative estimate of drug-likeness (QED) is 0.493. The third-order valence-corrected chi connectivity index (χ3v) is 4.56. The Hall–Kier alpha value is -1.45. The Balaban J connectivity index is 2.23. The second-order valence-electron chi connectivity index (χ2n) is 8.06. The third kappa shape index (κ3) is 5.02. The second-order valence-corrected chi connectivity index (χ2v) is 8.06.